The van der Waals surface area contributed by atoms with Crippen LogP contribution in [0.25, 0.3) is 0 Å². The van der Waals surface area contributed by atoms with Gasteiger partial charge in [0.15, 0.2) is 0 Å². The molecule has 1 aromatic heterocycles. The van der Waals surface area contributed by atoms with Gasteiger partial charge in [-0.25, -0.2) is 4.39 Å². The molecule has 3 rings (SSSR count). The molecular formula is C14H16FN3. The number of hydrogen-bond acceptors (Lipinski definition) is 2. The zero-order valence-electron chi connectivity index (χ0n) is 10.1. The number of nitrogens with zero attached hydrogens (tertiary/aromatic N) is 1. The number of aromatic nitrogens is 2. The number of aromatic amines is 1. The number of rotatable bonds is 4. The molecule has 94 valence electrons. The van der Waals surface area contributed by atoms with E-state index in [0.29, 0.717) is 12.0 Å². The molecule has 2 N–H and O–H groups in total. The molecule has 0 saturated heterocycles. The van der Waals surface area contributed by atoms with Gasteiger partial charge in [-0.1, -0.05) is 12.1 Å². The van der Waals surface area contributed by atoms with E-state index >= 15 is 0 Å². The van der Waals surface area contributed by atoms with Gasteiger partial charge in [-0.05, 0) is 36.5 Å². The van der Waals surface area contributed by atoms with Crippen LogP contribution in [-0.2, 0) is 6.54 Å². The summed E-state index contributed by atoms with van der Waals surface area (Å²) in [4.78, 5) is 0. The molecule has 3 nitrogen and oxygen atoms in total. The maximum atomic E-state index is 13.1. The summed E-state index contributed by atoms with van der Waals surface area (Å²) in [6.07, 6.45) is 5.90. The van der Waals surface area contributed by atoms with Gasteiger partial charge in [0.1, 0.15) is 5.82 Å². The summed E-state index contributed by atoms with van der Waals surface area (Å²) >= 11 is 0. The van der Waals surface area contributed by atoms with Gasteiger partial charge >= 0.3 is 0 Å². The van der Waals surface area contributed by atoms with Gasteiger partial charge in [-0.15, -0.1) is 0 Å². The number of benzene rings is 1. The Bertz CT molecular complexity index is 504. The van der Waals surface area contributed by atoms with Crippen molar-refractivity contribution in [3.05, 3.63) is 53.6 Å². The first-order valence-electron chi connectivity index (χ1n) is 6.28. The fraction of sp³-hybridized carbons (Fsp3) is 0.357. The Hall–Kier alpha value is -1.68. The van der Waals surface area contributed by atoms with E-state index in [1.807, 2.05) is 18.5 Å². The third-order valence-electron chi connectivity index (χ3n) is 3.61. The first kappa shape index (κ1) is 11.4. The molecule has 0 bridgehead atoms. The van der Waals surface area contributed by atoms with Crippen LogP contribution in [0.15, 0.2) is 36.7 Å². The Morgan fingerprint density at radius 1 is 1.39 bits per heavy atom. The Morgan fingerprint density at radius 2 is 2.28 bits per heavy atom. The van der Waals surface area contributed by atoms with E-state index in [1.54, 1.807) is 12.1 Å². The molecule has 1 aliphatic carbocycles. The van der Waals surface area contributed by atoms with Crippen molar-refractivity contribution in [2.45, 2.75) is 31.3 Å². The first-order valence-corrected chi connectivity index (χ1v) is 6.28. The van der Waals surface area contributed by atoms with Crippen LogP contribution in [-0.4, -0.2) is 16.2 Å². The number of H-pyrrole nitrogens is 1. The maximum Gasteiger partial charge on any atom is 0.123 e. The summed E-state index contributed by atoms with van der Waals surface area (Å²) in [6, 6.07) is 7.48. The first-order chi connectivity index (χ1) is 8.81. The molecule has 0 atom stereocenters. The fourth-order valence-electron chi connectivity index (χ4n) is 2.45. The molecule has 1 aromatic carbocycles. The normalized spacial score (nSPS) is 22.7. The predicted molar refractivity (Wildman–Crippen MR) is 67.6 cm³/mol. The molecule has 4 heteroatoms. The number of halogens is 1. The number of hydrogen-bond donors (Lipinski definition) is 2. The van der Waals surface area contributed by atoms with E-state index in [0.717, 1.165) is 24.9 Å². The summed E-state index contributed by atoms with van der Waals surface area (Å²) in [5.74, 6) is 0.366. The third-order valence-corrected chi connectivity index (χ3v) is 3.61. The van der Waals surface area contributed by atoms with Crippen molar-refractivity contribution in [3.63, 3.8) is 0 Å². The monoisotopic (exact) mass is 245 g/mol. The third kappa shape index (κ3) is 2.43. The SMILES string of the molecule is Fc1cccc(C2CC(NCc3cn[nH]c3)C2)c1. The molecule has 0 amide bonds. The van der Waals surface area contributed by atoms with Gasteiger partial charge in [0.25, 0.3) is 0 Å². The van der Waals surface area contributed by atoms with E-state index in [9.17, 15) is 4.39 Å². The van der Waals surface area contributed by atoms with Gasteiger partial charge in [0.05, 0.1) is 6.20 Å². The summed E-state index contributed by atoms with van der Waals surface area (Å²) in [7, 11) is 0. The Morgan fingerprint density at radius 3 is 3.00 bits per heavy atom. The second-order valence-electron chi connectivity index (χ2n) is 4.91. The van der Waals surface area contributed by atoms with Crippen LogP contribution in [0.5, 0.6) is 0 Å². The molecule has 18 heavy (non-hydrogen) atoms. The van der Waals surface area contributed by atoms with Crippen LogP contribution < -0.4 is 5.32 Å². The van der Waals surface area contributed by atoms with Crippen molar-refractivity contribution in [2.75, 3.05) is 0 Å². The molecule has 1 saturated carbocycles. The van der Waals surface area contributed by atoms with Gasteiger partial charge in [0, 0.05) is 24.3 Å². The second-order valence-corrected chi connectivity index (χ2v) is 4.91. The van der Waals surface area contributed by atoms with Crippen LogP contribution in [0.1, 0.15) is 29.9 Å². The standard InChI is InChI=1S/C14H16FN3/c15-13-3-1-2-11(4-13)12-5-14(6-12)16-7-10-8-17-18-9-10/h1-4,8-9,12,14,16H,5-7H2,(H,17,18). The number of nitrogens with one attached hydrogen (secondary N) is 2. The minimum absolute atomic E-state index is 0.137. The van der Waals surface area contributed by atoms with Crippen molar-refractivity contribution in [3.8, 4) is 0 Å². The van der Waals surface area contributed by atoms with E-state index in [2.05, 4.69) is 15.5 Å². The molecule has 1 fully saturated rings. The average molecular weight is 245 g/mol. The lowest BCUT2D eigenvalue weighted by atomic mass is 9.76. The fourth-order valence-corrected chi connectivity index (χ4v) is 2.45. The van der Waals surface area contributed by atoms with E-state index in [1.165, 1.54) is 11.6 Å². The highest BCUT2D eigenvalue weighted by molar-refractivity contribution is 5.23. The molecule has 0 unspecified atom stereocenters. The Labute approximate surface area is 105 Å². The van der Waals surface area contributed by atoms with Crippen LogP contribution in [0.3, 0.4) is 0 Å². The van der Waals surface area contributed by atoms with Crippen LogP contribution in [0.4, 0.5) is 4.39 Å². The summed E-state index contributed by atoms with van der Waals surface area (Å²) in [5.41, 5.74) is 2.29. The lowest BCUT2D eigenvalue weighted by molar-refractivity contribution is 0.289. The zero-order chi connectivity index (χ0) is 12.4. The summed E-state index contributed by atoms with van der Waals surface area (Å²) < 4.78 is 13.1. The van der Waals surface area contributed by atoms with E-state index in [-0.39, 0.29) is 5.82 Å². The van der Waals surface area contributed by atoms with Crippen molar-refractivity contribution >= 4 is 0 Å². The maximum absolute atomic E-state index is 13.1. The van der Waals surface area contributed by atoms with Crippen LogP contribution in [0, 0.1) is 5.82 Å². The molecule has 0 radical (unpaired) electrons. The lowest BCUT2D eigenvalue weighted by Gasteiger charge is -2.36. The van der Waals surface area contributed by atoms with Gasteiger partial charge in [-0.3, -0.25) is 5.10 Å². The molecular weight excluding hydrogens is 229 g/mol. The highest BCUT2D eigenvalue weighted by Crippen LogP contribution is 2.37. The Kier molecular flexibility index (Phi) is 3.11. The highest BCUT2D eigenvalue weighted by atomic mass is 19.1. The minimum Gasteiger partial charge on any atom is -0.310 e. The summed E-state index contributed by atoms with van der Waals surface area (Å²) in [6.45, 7) is 0.844. The molecule has 0 spiro atoms. The molecule has 2 aromatic rings. The lowest BCUT2D eigenvalue weighted by Crippen LogP contribution is -2.39. The highest BCUT2D eigenvalue weighted by Gasteiger charge is 2.29. The van der Waals surface area contributed by atoms with Gasteiger partial charge in [-0.2, -0.15) is 5.10 Å². The molecule has 1 aliphatic rings. The van der Waals surface area contributed by atoms with Crippen LogP contribution >= 0.6 is 0 Å². The molecule has 0 aliphatic heterocycles. The predicted octanol–water partition coefficient (Wildman–Crippen LogP) is 2.58. The summed E-state index contributed by atoms with van der Waals surface area (Å²) in [5, 5.41) is 10.2. The van der Waals surface area contributed by atoms with Crippen LogP contribution in [0.2, 0.25) is 0 Å². The Balaban J connectivity index is 1.48. The van der Waals surface area contributed by atoms with Gasteiger partial charge in [0.2, 0.25) is 0 Å². The second kappa shape index (κ2) is 4.90. The van der Waals surface area contributed by atoms with Crippen molar-refractivity contribution in [1.29, 1.82) is 0 Å². The smallest absolute Gasteiger partial charge is 0.123 e. The largest absolute Gasteiger partial charge is 0.310 e. The van der Waals surface area contributed by atoms with Crippen molar-refractivity contribution < 1.29 is 4.39 Å². The molecule has 1 heterocycles. The minimum atomic E-state index is -0.137. The van der Waals surface area contributed by atoms with E-state index in [4.69, 9.17) is 0 Å². The average Bonchev–Trinajstić information content (AvgIpc) is 2.80. The van der Waals surface area contributed by atoms with E-state index < -0.39 is 0 Å². The van der Waals surface area contributed by atoms with Crippen molar-refractivity contribution in [1.82, 2.24) is 15.5 Å². The quantitative estimate of drug-likeness (QED) is 0.869. The van der Waals surface area contributed by atoms with Gasteiger partial charge < -0.3 is 5.32 Å². The zero-order valence-corrected chi connectivity index (χ0v) is 10.1. The topological polar surface area (TPSA) is 40.7 Å². The van der Waals surface area contributed by atoms with Crippen molar-refractivity contribution in [2.24, 2.45) is 0 Å².